The first-order valence-electron chi connectivity index (χ1n) is 14.1. The Bertz CT molecular complexity index is 1490. The molecule has 0 fully saturated rings. The van der Waals surface area contributed by atoms with E-state index in [2.05, 4.69) is 54.8 Å². The summed E-state index contributed by atoms with van der Waals surface area (Å²) in [6.07, 6.45) is 6.52. The second-order valence-electron chi connectivity index (χ2n) is 10.8. The molecule has 0 saturated heterocycles. The molecule has 0 unspecified atom stereocenters. The SMILES string of the molecule is CCC[C@@H](C[C@H](C)c1nnc(NC(=O)Cc2ccc(N(C)C)cn2)s1)c1nnc(NC(=O)Cc2ccc(N(C)C)cn2)s1. The van der Waals surface area contributed by atoms with Crippen LogP contribution in [0.15, 0.2) is 36.7 Å². The Balaban J connectivity index is 1.31. The molecule has 0 spiro atoms. The Kier molecular flexibility index (Phi) is 11.1. The molecule has 0 aliphatic rings. The summed E-state index contributed by atoms with van der Waals surface area (Å²) in [5, 5.41) is 25.6. The molecular weight excluding hydrogens is 585 g/mol. The first-order valence-corrected chi connectivity index (χ1v) is 15.8. The molecule has 2 atom stereocenters. The third-order valence-electron chi connectivity index (χ3n) is 6.75. The third-order valence-corrected chi connectivity index (χ3v) is 8.83. The Morgan fingerprint density at radius 1 is 0.767 bits per heavy atom. The average Bonchev–Trinajstić information content (AvgIpc) is 3.63. The van der Waals surface area contributed by atoms with Gasteiger partial charge in [-0.25, -0.2) is 0 Å². The Hall–Kier alpha value is -4.04. The first-order chi connectivity index (χ1) is 20.6. The molecule has 0 aliphatic carbocycles. The van der Waals surface area contributed by atoms with Crippen LogP contribution in [-0.4, -0.2) is 70.4 Å². The van der Waals surface area contributed by atoms with Gasteiger partial charge in [0.25, 0.3) is 0 Å². The maximum absolute atomic E-state index is 12.6. The largest absolute Gasteiger partial charge is 0.376 e. The number of amides is 2. The number of carbonyl (C=O) groups is 2. The van der Waals surface area contributed by atoms with Crippen molar-refractivity contribution < 1.29 is 9.59 Å². The quantitative estimate of drug-likeness (QED) is 0.202. The van der Waals surface area contributed by atoms with Crippen LogP contribution in [0.4, 0.5) is 21.6 Å². The van der Waals surface area contributed by atoms with E-state index in [9.17, 15) is 9.59 Å². The monoisotopic (exact) mass is 622 g/mol. The molecule has 43 heavy (non-hydrogen) atoms. The number of hydrogen-bond acceptors (Lipinski definition) is 12. The lowest BCUT2D eigenvalue weighted by Crippen LogP contribution is -2.15. The van der Waals surface area contributed by atoms with Crippen LogP contribution < -0.4 is 20.4 Å². The molecule has 4 rings (SSSR count). The van der Waals surface area contributed by atoms with Gasteiger partial charge in [0.15, 0.2) is 0 Å². The minimum absolute atomic E-state index is 0.0955. The van der Waals surface area contributed by atoms with Crippen LogP contribution in [0.25, 0.3) is 0 Å². The van der Waals surface area contributed by atoms with Crippen LogP contribution in [0.2, 0.25) is 0 Å². The lowest BCUT2D eigenvalue weighted by molar-refractivity contribution is -0.116. The zero-order valence-electron chi connectivity index (χ0n) is 25.4. The van der Waals surface area contributed by atoms with E-state index < -0.39 is 0 Å². The van der Waals surface area contributed by atoms with Gasteiger partial charge < -0.3 is 20.4 Å². The number of rotatable bonds is 14. The minimum atomic E-state index is -0.186. The van der Waals surface area contributed by atoms with Gasteiger partial charge in [0, 0.05) is 51.4 Å². The van der Waals surface area contributed by atoms with Crippen LogP contribution in [-0.2, 0) is 22.4 Å². The number of aromatic nitrogens is 6. The van der Waals surface area contributed by atoms with E-state index in [1.165, 1.54) is 22.7 Å². The summed E-state index contributed by atoms with van der Waals surface area (Å²) in [7, 11) is 7.78. The predicted octanol–water partition coefficient (Wildman–Crippen LogP) is 4.75. The van der Waals surface area contributed by atoms with Gasteiger partial charge in [-0.15, -0.1) is 20.4 Å². The number of nitrogens with one attached hydrogen (secondary N) is 2. The fourth-order valence-corrected chi connectivity index (χ4v) is 6.11. The molecule has 0 saturated carbocycles. The molecule has 0 aromatic carbocycles. The molecule has 14 heteroatoms. The number of anilines is 4. The van der Waals surface area contributed by atoms with Crippen LogP contribution >= 0.6 is 22.7 Å². The minimum Gasteiger partial charge on any atom is -0.376 e. The first kappa shape index (κ1) is 31.9. The number of pyridine rings is 2. The summed E-state index contributed by atoms with van der Waals surface area (Å²) >= 11 is 2.78. The number of carbonyl (C=O) groups excluding carboxylic acids is 2. The van der Waals surface area contributed by atoms with E-state index in [0.29, 0.717) is 21.7 Å². The summed E-state index contributed by atoms with van der Waals surface area (Å²) in [6, 6.07) is 7.57. The zero-order chi connectivity index (χ0) is 30.9. The van der Waals surface area contributed by atoms with Crippen molar-refractivity contribution >= 4 is 56.1 Å². The molecule has 4 aromatic heterocycles. The molecule has 228 valence electrons. The van der Waals surface area contributed by atoms with E-state index in [1.54, 1.807) is 12.4 Å². The van der Waals surface area contributed by atoms with Crippen molar-refractivity contribution in [3.63, 3.8) is 0 Å². The van der Waals surface area contributed by atoms with Gasteiger partial charge in [-0.05, 0) is 37.1 Å². The van der Waals surface area contributed by atoms with E-state index in [1.807, 2.05) is 62.3 Å². The molecule has 4 heterocycles. The average molecular weight is 623 g/mol. The van der Waals surface area contributed by atoms with Gasteiger partial charge in [0.2, 0.25) is 22.1 Å². The highest BCUT2D eigenvalue weighted by atomic mass is 32.1. The summed E-state index contributed by atoms with van der Waals surface area (Å²) in [5.41, 5.74) is 3.32. The third kappa shape index (κ3) is 9.22. The van der Waals surface area contributed by atoms with Gasteiger partial charge in [0.1, 0.15) is 10.0 Å². The summed E-state index contributed by atoms with van der Waals surface area (Å²) < 4.78 is 0. The summed E-state index contributed by atoms with van der Waals surface area (Å²) in [5.74, 6) is -0.119. The molecule has 4 aromatic rings. The topological polar surface area (TPSA) is 142 Å². The molecule has 2 amide bonds. The lowest BCUT2D eigenvalue weighted by Gasteiger charge is -2.16. The molecule has 0 aliphatic heterocycles. The Labute approximate surface area is 260 Å². The molecule has 2 N–H and O–H groups in total. The number of hydrogen-bond donors (Lipinski definition) is 2. The van der Waals surface area contributed by atoms with Crippen molar-refractivity contribution in [2.24, 2.45) is 0 Å². The van der Waals surface area contributed by atoms with E-state index in [0.717, 1.165) is 40.7 Å². The van der Waals surface area contributed by atoms with Gasteiger partial charge in [-0.1, -0.05) is 42.9 Å². The van der Waals surface area contributed by atoms with Crippen molar-refractivity contribution in [2.45, 2.75) is 57.8 Å². The zero-order valence-corrected chi connectivity index (χ0v) is 27.0. The van der Waals surface area contributed by atoms with Crippen molar-refractivity contribution in [3.8, 4) is 0 Å². The highest BCUT2D eigenvalue weighted by Gasteiger charge is 2.23. The normalized spacial score (nSPS) is 12.4. The maximum atomic E-state index is 12.6. The van der Waals surface area contributed by atoms with E-state index in [4.69, 9.17) is 0 Å². The van der Waals surface area contributed by atoms with Gasteiger partial charge in [-0.3, -0.25) is 19.6 Å². The van der Waals surface area contributed by atoms with Crippen LogP contribution in [0.5, 0.6) is 0 Å². The predicted molar refractivity (Wildman–Crippen MR) is 172 cm³/mol. The van der Waals surface area contributed by atoms with Gasteiger partial charge in [-0.2, -0.15) is 0 Å². The second-order valence-corrected chi connectivity index (χ2v) is 12.8. The smallest absolute Gasteiger partial charge is 0.232 e. The van der Waals surface area contributed by atoms with Crippen LogP contribution in [0.1, 0.15) is 66.3 Å². The van der Waals surface area contributed by atoms with E-state index in [-0.39, 0.29) is 36.5 Å². The Morgan fingerprint density at radius 3 is 1.70 bits per heavy atom. The van der Waals surface area contributed by atoms with Crippen molar-refractivity contribution in [3.05, 3.63) is 58.1 Å². The fourth-order valence-electron chi connectivity index (χ4n) is 4.38. The van der Waals surface area contributed by atoms with Crippen molar-refractivity contribution in [1.29, 1.82) is 0 Å². The van der Waals surface area contributed by atoms with Gasteiger partial charge >= 0.3 is 0 Å². The number of nitrogens with zero attached hydrogens (tertiary/aromatic N) is 8. The second kappa shape index (κ2) is 14.9. The molecule has 12 nitrogen and oxygen atoms in total. The standard InChI is InChI=1S/C29H38N10O2S2/c1-7-8-19(27-35-37-29(43-27)33-25(41)15-21-10-12-23(17-31-21)39(5)6)13-18(2)26-34-36-28(42-26)32-24(40)14-20-9-11-22(16-30-20)38(3)4/h9-12,16-19H,7-8,13-15H2,1-6H3,(H,32,36,40)(H,33,37,41)/t18-,19-/m0/s1. The van der Waals surface area contributed by atoms with Crippen LogP contribution in [0, 0.1) is 0 Å². The highest BCUT2D eigenvalue weighted by molar-refractivity contribution is 7.15. The lowest BCUT2D eigenvalue weighted by atomic mass is 9.93. The molecular formula is C29H38N10O2S2. The van der Waals surface area contributed by atoms with Crippen molar-refractivity contribution in [2.75, 3.05) is 48.6 Å². The highest BCUT2D eigenvalue weighted by Crippen LogP contribution is 2.36. The van der Waals surface area contributed by atoms with Crippen LogP contribution in [0.3, 0.4) is 0 Å². The molecule has 0 bridgehead atoms. The summed E-state index contributed by atoms with van der Waals surface area (Å²) in [6.45, 7) is 4.24. The fraction of sp³-hybridized carbons (Fsp3) is 0.448. The van der Waals surface area contributed by atoms with Gasteiger partial charge in [0.05, 0.1) is 36.6 Å². The van der Waals surface area contributed by atoms with E-state index >= 15 is 0 Å². The maximum Gasteiger partial charge on any atom is 0.232 e. The van der Waals surface area contributed by atoms with Crippen molar-refractivity contribution in [1.82, 2.24) is 30.4 Å². The Morgan fingerprint density at radius 2 is 1.26 bits per heavy atom. The summed E-state index contributed by atoms with van der Waals surface area (Å²) in [4.78, 5) is 37.8. The molecule has 0 radical (unpaired) electrons.